The van der Waals surface area contributed by atoms with Gasteiger partial charge in [0, 0.05) is 26.1 Å². The minimum atomic E-state index is -1.37. The van der Waals surface area contributed by atoms with Crippen LogP contribution in [0.4, 0.5) is 11.4 Å². The number of halogens is 1. The quantitative estimate of drug-likeness (QED) is 0.279. The van der Waals surface area contributed by atoms with Gasteiger partial charge in [-0.2, -0.15) is 0 Å². The summed E-state index contributed by atoms with van der Waals surface area (Å²) in [5.74, 6) is -3.17. The van der Waals surface area contributed by atoms with Crippen LogP contribution < -0.4 is 5.32 Å². The molecule has 1 aliphatic rings. The van der Waals surface area contributed by atoms with Crippen LogP contribution in [0.3, 0.4) is 0 Å². The van der Waals surface area contributed by atoms with E-state index in [2.05, 4.69) is 5.32 Å². The van der Waals surface area contributed by atoms with Crippen LogP contribution in [0.2, 0.25) is 5.02 Å². The van der Waals surface area contributed by atoms with Gasteiger partial charge in [-0.1, -0.05) is 32.4 Å². The van der Waals surface area contributed by atoms with E-state index in [0.717, 1.165) is 6.20 Å². The molecule has 0 aliphatic carbocycles. The van der Waals surface area contributed by atoms with Gasteiger partial charge in [0.25, 0.3) is 11.5 Å². The Morgan fingerprint density at radius 1 is 1.19 bits per heavy atom. The summed E-state index contributed by atoms with van der Waals surface area (Å²) in [5.41, 5.74) is -0.423. The van der Waals surface area contributed by atoms with Crippen LogP contribution >= 0.6 is 11.6 Å². The first-order chi connectivity index (χ1) is 11.8. The van der Waals surface area contributed by atoms with E-state index < -0.39 is 28.2 Å². The number of hydrogen-bond donors (Lipinski definition) is 1. The number of cyclic esters (lactones) is 2. The van der Waals surface area contributed by atoms with Gasteiger partial charge < -0.3 is 14.8 Å². The molecule has 1 aliphatic heterocycles. The molecule has 26 heavy (non-hydrogen) atoms. The minimum absolute atomic E-state index is 0.0393. The van der Waals surface area contributed by atoms with Crippen LogP contribution in [0.1, 0.15) is 40.2 Å². The van der Waals surface area contributed by atoms with Gasteiger partial charge >= 0.3 is 11.9 Å². The second-order valence-corrected chi connectivity index (χ2v) is 7.65. The Hall–Kier alpha value is -2.61. The van der Waals surface area contributed by atoms with Gasteiger partial charge in [0.2, 0.25) is 0 Å². The minimum Gasteiger partial charge on any atom is -0.419 e. The fraction of sp³-hybridized carbons (Fsp3) is 0.412. The monoisotopic (exact) mass is 382 g/mol. The topological polar surface area (TPSA) is 108 Å². The summed E-state index contributed by atoms with van der Waals surface area (Å²) >= 11 is 6.19. The molecule has 0 unspecified atom stereocenters. The van der Waals surface area contributed by atoms with Crippen molar-refractivity contribution in [2.45, 2.75) is 45.8 Å². The summed E-state index contributed by atoms with van der Waals surface area (Å²) in [5, 5.41) is 14.1. The third kappa shape index (κ3) is 4.13. The standard InChI is InChI=1S/C17H19ClN2O6/c1-16(2,3)9-6-11(18)13(12(7-9)20(23)24)19-8-10-14(21)25-17(4,5)26-15(10)22/h6-8,19H,1-5H3. The number of nitrogens with one attached hydrogen (secondary N) is 1. The molecule has 1 saturated heterocycles. The number of hydrogen-bond acceptors (Lipinski definition) is 7. The van der Waals surface area contributed by atoms with Crippen molar-refractivity contribution in [2.75, 3.05) is 5.32 Å². The molecule has 1 fully saturated rings. The van der Waals surface area contributed by atoms with Crippen LogP contribution in [0.25, 0.3) is 0 Å². The Morgan fingerprint density at radius 3 is 2.19 bits per heavy atom. The third-order valence-corrected chi connectivity index (χ3v) is 3.91. The number of rotatable bonds is 3. The van der Waals surface area contributed by atoms with Crippen LogP contribution in [-0.2, 0) is 24.5 Å². The van der Waals surface area contributed by atoms with E-state index in [1.54, 1.807) is 6.07 Å². The van der Waals surface area contributed by atoms with E-state index in [0.29, 0.717) is 5.56 Å². The lowest BCUT2D eigenvalue weighted by Gasteiger charge is -2.29. The number of ether oxygens (including phenoxy) is 2. The molecule has 1 N–H and O–H groups in total. The highest BCUT2D eigenvalue weighted by Crippen LogP contribution is 2.38. The third-order valence-electron chi connectivity index (χ3n) is 3.61. The molecule has 0 atom stereocenters. The van der Waals surface area contributed by atoms with E-state index >= 15 is 0 Å². The SMILES string of the molecule is CC1(C)OC(=O)C(=CNc2c(Cl)cc(C(C)(C)C)cc2[N+](=O)[O-])C(=O)O1. The Balaban J connectivity index is 2.42. The number of carbonyl (C=O) groups excluding carboxylic acids is 2. The maximum atomic E-state index is 11.9. The molecule has 8 nitrogen and oxygen atoms in total. The fourth-order valence-corrected chi connectivity index (χ4v) is 2.50. The Morgan fingerprint density at radius 2 is 1.73 bits per heavy atom. The van der Waals surface area contributed by atoms with Crippen molar-refractivity contribution in [1.29, 1.82) is 0 Å². The average Bonchev–Trinajstić information content (AvgIpc) is 2.44. The second kappa shape index (κ2) is 6.60. The first-order valence-corrected chi connectivity index (χ1v) is 8.11. The molecule has 0 radical (unpaired) electrons. The smallest absolute Gasteiger partial charge is 0.350 e. The van der Waals surface area contributed by atoms with Gasteiger partial charge in [0.1, 0.15) is 5.69 Å². The summed E-state index contributed by atoms with van der Waals surface area (Å²) in [4.78, 5) is 34.7. The maximum absolute atomic E-state index is 11.9. The van der Waals surface area contributed by atoms with Crippen molar-refractivity contribution >= 4 is 34.9 Å². The van der Waals surface area contributed by atoms with Crippen LogP contribution in [-0.4, -0.2) is 22.6 Å². The lowest BCUT2D eigenvalue weighted by Crippen LogP contribution is -2.42. The average molecular weight is 383 g/mol. The predicted octanol–water partition coefficient (Wildman–Crippen LogP) is 3.68. The Kier molecular flexibility index (Phi) is 5.01. The number of anilines is 1. The van der Waals surface area contributed by atoms with Crippen molar-refractivity contribution in [3.05, 3.63) is 44.6 Å². The van der Waals surface area contributed by atoms with E-state index in [1.807, 2.05) is 20.8 Å². The molecule has 1 heterocycles. The summed E-state index contributed by atoms with van der Waals surface area (Å²) in [6.45, 7) is 8.52. The van der Waals surface area contributed by atoms with Gasteiger partial charge in [0.05, 0.1) is 9.95 Å². The molecule has 2 rings (SSSR count). The normalized spacial score (nSPS) is 16.6. The van der Waals surface area contributed by atoms with Crippen molar-refractivity contribution in [2.24, 2.45) is 0 Å². The Bertz CT molecular complexity index is 801. The predicted molar refractivity (Wildman–Crippen MR) is 94.8 cm³/mol. The maximum Gasteiger partial charge on any atom is 0.350 e. The molecule has 0 amide bonds. The van der Waals surface area contributed by atoms with E-state index in [9.17, 15) is 19.7 Å². The molecule has 1 aromatic carbocycles. The first kappa shape index (κ1) is 19.7. The zero-order chi connectivity index (χ0) is 19.9. The molecule has 0 aromatic heterocycles. The largest absolute Gasteiger partial charge is 0.419 e. The van der Waals surface area contributed by atoms with Gasteiger partial charge in [-0.15, -0.1) is 0 Å². The van der Waals surface area contributed by atoms with Gasteiger partial charge in [-0.3, -0.25) is 10.1 Å². The zero-order valence-corrected chi connectivity index (χ0v) is 15.8. The fourth-order valence-electron chi connectivity index (χ4n) is 2.23. The van der Waals surface area contributed by atoms with E-state index in [-0.39, 0.29) is 21.8 Å². The summed E-state index contributed by atoms with van der Waals surface area (Å²) in [6, 6.07) is 2.99. The molecular weight excluding hydrogens is 364 g/mol. The molecule has 0 spiro atoms. The van der Waals surface area contributed by atoms with Crippen molar-refractivity contribution < 1.29 is 24.0 Å². The summed E-state index contributed by atoms with van der Waals surface area (Å²) < 4.78 is 9.92. The first-order valence-electron chi connectivity index (χ1n) is 7.73. The highest BCUT2D eigenvalue weighted by atomic mass is 35.5. The molecule has 9 heteroatoms. The number of benzene rings is 1. The van der Waals surface area contributed by atoms with Crippen LogP contribution in [0.5, 0.6) is 0 Å². The number of nitro benzene ring substituents is 1. The van der Waals surface area contributed by atoms with E-state index in [4.69, 9.17) is 21.1 Å². The highest BCUT2D eigenvalue weighted by molar-refractivity contribution is 6.34. The second-order valence-electron chi connectivity index (χ2n) is 7.24. The lowest BCUT2D eigenvalue weighted by atomic mass is 9.86. The lowest BCUT2D eigenvalue weighted by molar-refractivity contribution is -0.384. The molecule has 1 aromatic rings. The Labute approximate surface area is 155 Å². The van der Waals surface area contributed by atoms with Crippen molar-refractivity contribution in [3.8, 4) is 0 Å². The highest BCUT2D eigenvalue weighted by Gasteiger charge is 2.39. The molecule has 140 valence electrons. The summed E-state index contributed by atoms with van der Waals surface area (Å²) in [7, 11) is 0. The number of nitrogens with zero attached hydrogens (tertiary/aromatic N) is 1. The number of esters is 2. The van der Waals surface area contributed by atoms with Crippen LogP contribution in [0, 0.1) is 10.1 Å². The summed E-state index contributed by atoms with van der Waals surface area (Å²) in [6.07, 6.45) is 0.991. The van der Waals surface area contributed by atoms with Gasteiger partial charge in [0.15, 0.2) is 5.57 Å². The zero-order valence-electron chi connectivity index (χ0n) is 15.0. The molecular formula is C17H19ClN2O6. The van der Waals surface area contributed by atoms with Gasteiger partial charge in [-0.05, 0) is 17.0 Å². The van der Waals surface area contributed by atoms with Crippen LogP contribution in [0.15, 0.2) is 23.9 Å². The van der Waals surface area contributed by atoms with Crippen molar-refractivity contribution in [1.82, 2.24) is 0 Å². The van der Waals surface area contributed by atoms with Gasteiger partial charge in [-0.25, -0.2) is 9.59 Å². The molecule has 0 saturated carbocycles. The number of nitro groups is 1. The molecule has 0 bridgehead atoms. The number of carbonyl (C=O) groups is 2. The van der Waals surface area contributed by atoms with Crippen molar-refractivity contribution in [3.63, 3.8) is 0 Å². The van der Waals surface area contributed by atoms with E-state index in [1.165, 1.54) is 19.9 Å².